The molecule has 2 fully saturated rings. The Kier molecular flexibility index (Phi) is 9.17. The van der Waals surface area contributed by atoms with Crippen molar-refractivity contribution in [2.45, 2.75) is 32.7 Å². The number of piperazine rings is 1. The highest BCUT2D eigenvalue weighted by Crippen LogP contribution is 2.25. The molecule has 0 spiro atoms. The maximum atomic E-state index is 12.7. The number of ether oxygens (including phenoxy) is 1. The van der Waals surface area contributed by atoms with Crippen molar-refractivity contribution in [3.63, 3.8) is 0 Å². The number of carbonyl (C=O) groups excluding carboxylic acids is 1. The fraction of sp³-hybridized carbons (Fsp3) is 0.632. The number of benzene rings is 1. The van der Waals surface area contributed by atoms with Gasteiger partial charge in [-0.1, -0.05) is 12.1 Å². The molecule has 1 aromatic rings. The van der Waals surface area contributed by atoms with Crippen molar-refractivity contribution in [1.82, 2.24) is 4.90 Å². The van der Waals surface area contributed by atoms with Crippen molar-refractivity contribution in [2.75, 3.05) is 44.3 Å². The summed E-state index contributed by atoms with van der Waals surface area (Å²) in [5.74, 6) is 0.380. The summed E-state index contributed by atoms with van der Waals surface area (Å²) in [6.07, 6.45) is 1.80. The van der Waals surface area contributed by atoms with Gasteiger partial charge in [-0.2, -0.15) is 0 Å². The van der Waals surface area contributed by atoms with Crippen LogP contribution in [0.3, 0.4) is 0 Å². The van der Waals surface area contributed by atoms with Crippen molar-refractivity contribution < 1.29 is 9.53 Å². The van der Waals surface area contributed by atoms with Gasteiger partial charge in [0.1, 0.15) is 0 Å². The number of hydrogen-bond donors (Lipinski definition) is 1. The van der Waals surface area contributed by atoms with E-state index in [0.29, 0.717) is 0 Å². The molecule has 1 amide bonds. The zero-order valence-electron chi connectivity index (χ0n) is 15.6. The monoisotopic (exact) mass is 403 g/mol. The number of anilines is 1. The molecule has 1 atom stereocenters. The second kappa shape index (κ2) is 10.4. The first kappa shape index (κ1) is 23.0. The normalized spacial score (nSPS) is 19.3. The summed E-state index contributed by atoms with van der Waals surface area (Å²) in [5.41, 5.74) is 10.2. The first-order valence-electron chi connectivity index (χ1n) is 9.01. The van der Waals surface area contributed by atoms with Gasteiger partial charge in [0.15, 0.2) is 0 Å². The van der Waals surface area contributed by atoms with Crippen LogP contribution in [-0.2, 0) is 9.53 Å². The summed E-state index contributed by atoms with van der Waals surface area (Å²) >= 11 is 0. The number of nitrogens with two attached hydrogens (primary N) is 1. The summed E-state index contributed by atoms with van der Waals surface area (Å²) in [5, 5.41) is 0. The molecule has 0 aliphatic carbocycles. The maximum Gasteiger partial charge on any atom is 0.239 e. The topological polar surface area (TPSA) is 58.8 Å². The predicted octanol–water partition coefficient (Wildman–Crippen LogP) is 2.55. The molecule has 2 heterocycles. The van der Waals surface area contributed by atoms with Crippen molar-refractivity contribution in [3.05, 3.63) is 29.3 Å². The van der Waals surface area contributed by atoms with Crippen LogP contribution in [0.5, 0.6) is 0 Å². The van der Waals surface area contributed by atoms with E-state index >= 15 is 0 Å². The van der Waals surface area contributed by atoms with Crippen molar-refractivity contribution >= 4 is 36.4 Å². The molecular formula is C19H31Cl2N3O2. The Morgan fingerprint density at radius 3 is 2.35 bits per heavy atom. The van der Waals surface area contributed by atoms with Gasteiger partial charge in [0.2, 0.25) is 5.91 Å². The molecule has 3 rings (SSSR count). The first-order chi connectivity index (χ1) is 11.6. The minimum absolute atomic E-state index is 0. The van der Waals surface area contributed by atoms with E-state index in [-0.39, 0.29) is 42.7 Å². The Balaban J connectivity index is 0.00000169. The molecule has 1 unspecified atom stereocenters. The molecule has 1 aromatic carbocycles. The van der Waals surface area contributed by atoms with Gasteiger partial charge in [0.05, 0.1) is 6.04 Å². The number of halogens is 2. The van der Waals surface area contributed by atoms with Gasteiger partial charge in [-0.3, -0.25) is 4.79 Å². The van der Waals surface area contributed by atoms with E-state index in [1.54, 1.807) is 0 Å². The molecule has 5 nitrogen and oxygen atoms in total. The van der Waals surface area contributed by atoms with Gasteiger partial charge < -0.3 is 20.3 Å². The number of hydrogen-bond acceptors (Lipinski definition) is 4. The van der Waals surface area contributed by atoms with Gasteiger partial charge in [-0.05, 0) is 49.8 Å². The molecule has 7 heteroatoms. The first-order valence-corrected chi connectivity index (χ1v) is 9.01. The van der Waals surface area contributed by atoms with E-state index in [2.05, 4.69) is 36.9 Å². The molecule has 0 saturated carbocycles. The summed E-state index contributed by atoms with van der Waals surface area (Å²) in [7, 11) is 0. The van der Waals surface area contributed by atoms with E-state index < -0.39 is 0 Å². The highest BCUT2D eigenvalue weighted by molar-refractivity contribution is 5.85. The smallest absolute Gasteiger partial charge is 0.239 e. The fourth-order valence-electron chi connectivity index (χ4n) is 3.73. The molecule has 0 bridgehead atoms. The zero-order chi connectivity index (χ0) is 17.1. The fourth-order valence-corrected chi connectivity index (χ4v) is 3.73. The molecule has 0 radical (unpaired) electrons. The van der Waals surface area contributed by atoms with Crippen LogP contribution in [-0.4, -0.2) is 56.2 Å². The standard InChI is InChI=1S/C19H29N3O2.2ClH/c1-14-4-3-5-17(15(14)2)21-8-10-22(11-9-21)19(23)18(20)16-6-12-24-13-7-16;;/h3-5,16,18H,6-13,20H2,1-2H3;2*1H. The number of nitrogens with zero attached hydrogens (tertiary/aromatic N) is 2. The summed E-state index contributed by atoms with van der Waals surface area (Å²) in [4.78, 5) is 17.0. The number of rotatable bonds is 3. The number of carbonyl (C=O) groups is 1. The van der Waals surface area contributed by atoms with Gasteiger partial charge in [-0.25, -0.2) is 0 Å². The lowest BCUT2D eigenvalue weighted by molar-refractivity contribution is -0.135. The Bertz CT molecular complexity index is 586. The molecule has 26 heavy (non-hydrogen) atoms. The molecule has 2 N–H and O–H groups in total. The van der Waals surface area contributed by atoms with Crippen LogP contribution in [0, 0.1) is 19.8 Å². The summed E-state index contributed by atoms with van der Waals surface area (Å²) in [6.45, 7) is 9.02. The van der Waals surface area contributed by atoms with E-state index in [9.17, 15) is 4.79 Å². The lowest BCUT2D eigenvalue weighted by Crippen LogP contribution is -2.55. The Labute approximate surface area is 169 Å². The third-order valence-electron chi connectivity index (χ3n) is 5.57. The minimum atomic E-state index is -0.374. The van der Waals surface area contributed by atoms with Crippen LogP contribution in [0.25, 0.3) is 0 Å². The second-order valence-electron chi connectivity index (χ2n) is 7.01. The van der Waals surface area contributed by atoms with Gasteiger partial charge >= 0.3 is 0 Å². The van der Waals surface area contributed by atoms with E-state index in [1.807, 2.05) is 4.90 Å². The van der Waals surface area contributed by atoms with E-state index in [0.717, 1.165) is 52.2 Å². The Morgan fingerprint density at radius 2 is 1.73 bits per heavy atom. The molecule has 148 valence electrons. The van der Waals surface area contributed by atoms with Gasteiger partial charge in [0.25, 0.3) is 0 Å². The van der Waals surface area contributed by atoms with Crippen molar-refractivity contribution in [2.24, 2.45) is 11.7 Å². The molecule has 2 aliphatic rings. The van der Waals surface area contributed by atoms with Crippen LogP contribution in [0.4, 0.5) is 5.69 Å². The largest absolute Gasteiger partial charge is 0.381 e. The van der Waals surface area contributed by atoms with Crippen LogP contribution < -0.4 is 10.6 Å². The third-order valence-corrected chi connectivity index (χ3v) is 5.57. The zero-order valence-corrected chi connectivity index (χ0v) is 17.3. The van der Waals surface area contributed by atoms with E-state index in [1.165, 1.54) is 16.8 Å². The predicted molar refractivity (Wildman–Crippen MR) is 111 cm³/mol. The van der Waals surface area contributed by atoms with Gasteiger partial charge in [-0.15, -0.1) is 24.8 Å². The van der Waals surface area contributed by atoms with E-state index in [4.69, 9.17) is 10.5 Å². The average Bonchev–Trinajstić information content (AvgIpc) is 2.64. The third kappa shape index (κ3) is 5.03. The highest BCUT2D eigenvalue weighted by Gasteiger charge is 2.31. The lowest BCUT2D eigenvalue weighted by Gasteiger charge is -2.39. The summed E-state index contributed by atoms with van der Waals surface area (Å²) in [6, 6.07) is 6.05. The average molecular weight is 404 g/mol. The number of aryl methyl sites for hydroxylation is 1. The van der Waals surface area contributed by atoms with Crippen LogP contribution in [0.15, 0.2) is 18.2 Å². The number of amides is 1. The molecular weight excluding hydrogens is 373 g/mol. The minimum Gasteiger partial charge on any atom is -0.381 e. The Morgan fingerprint density at radius 1 is 1.12 bits per heavy atom. The van der Waals surface area contributed by atoms with Crippen LogP contribution in [0.2, 0.25) is 0 Å². The van der Waals surface area contributed by atoms with Crippen molar-refractivity contribution in [1.29, 1.82) is 0 Å². The SMILES string of the molecule is Cc1cccc(N2CCN(C(=O)C(N)C3CCOCC3)CC2)c1C.Cl.Cl. The maximum absolute atomic E-state index is 12.7. The van der Waals surface area contributed by atoms with Crippen molar-refractivity contribution in [3.8, 4) is 0 Å². The molecule has 0 aromatic heterocycles. The van der Waals surface area contributed by atoms with Gasteiger partial charge in [0, 0.05) is 45.1 Å². The van der Waals surface area contributed by atoms with Crippen LogP contribution in [0.1, 0.15) is 24.0 Å². The highest BCUT2D eigenvalue weighted by atomic mass is 35.5. The second-order valence-corrected chi connectivity index (χ2v) is 7.01. The lowest BCUT2D eigenvalue weighted by atomic mass is 9.91. The Hall–Kier alpha value is -1.01. The summed E-state index contributed by atoms with van der Waals surface area (Å²) < 4.78 is 5.37. The van der Waals surface area contributed by atoms with Crippen LogP contribution >= 0.6 is 24.8 Å². The quantitative estimate of drug-likeness (QED) is 0.841. The molecule has 2 saturated heterocycles. The molecule has 2 aliphatic heterocycles.